The molecule has 0 aliphatic carbocycles. The molecule has 0 spiro atoms. The van der Waals surface area contributed by atoms with Crippen LogP contribution in [0.1, 0.15) is 27.2 Å². The average molecular weight is 390 g/mol. The van der Waals surface area contributed by atoms with Gasteiger partial charge in [0.15, 0.2) is 0 Å². The van der Waals surface area contributed by atoms with Gasteiger partial charge in [-0.1, -0.05) is 96.8 Å². The summed E-state index contributed by atoms with van der Waals surface area (Å²) in [4.78, 5) is 12.6. The minimum absolute atomic E-state index is 0.195. The van der Waals surface area contributed by atoms with Gasteiger partial charge in [-0.25, -0.2) is 0 Å². The SMILES string of the molecule is CC(C)(C)OC(=O)CC=P(c1ccccc1)(c1ccccc1)c1ccccc1. The van der Waals surface area contributed by atoms with Gasteiger partial charge in [0.2, 0.25) is 0 Å². The molecule has 0 radical (unpaired) electrons. The molecule has 0 amide bonds. The van der Waals surface area contributed by atoms with Gasteiger partial charge in [0.1, 0.15) is 5.60 Å². The normalized spacial score (nSPS) is 11.7. The van der Waals surface area contributed by atoms with Crippen molar-refractivity contribution < 1.29 is 9.53 Å². The molecule has 144 valence electrons. The third kappa shape index (κ3) is 4.64. The number of carbonyl (C=O) groups is 1. The summed E-state index contributed by atoms with van der Waals surface area (Å²) in [6.45, 7) is 3.61. The Hall–Kier alpha value is -2.57. The highest BCUT2D eigenvalue weighted by molar-refractivity contribution is 7.94. The summed E-state index contributed by atoms with van der Waals surface area (Å²) < 4.78 is 5.59. The summed E-state index contributed by atoms with van der Waals surface area (Å²) in [6, 6.07) is 31.5. The monoisotopic (exact) mass is 390 g/mol. The third-order valence-electron chi connectivity index (χ3n) is 4.44. The van der Waals surface area contributed by atoms with E-state index >= 15 is 0 Å². The zero-order chi connectivity index (χ0) is 20.0. The molecule has 0 heterocycles. The second-order valence-corrected chi connectivity index (χ2v) is 11.1. The lowest BCUT2D eigenvalue weighted by molar-refractivity contribution is -0.153. The number of hydrogen-bond acceptors (Lipinski definition) is 2. The fourth-order valence-electron chi connectivity index (χ4n) is 3.35. The number of hydrogen-bond donors (Lipinski definition) is 0. The first kappa shape index (κ1) is 20.2. The number of ether oxygens (including phenoxy) is 1. The Labute approximate surface area is 168 Å². The minimum Gasteiger partial charge on any atom is -0.460 e. The van der Waals surface area contributed by atoms with Crippen molar-refractivity contribution >= 4 is 34.6 Å². The molecule has 0 N–H and O–H groups in total. The molecule has 3 aromatic carbocycles. The van der Waals surface area contributed by atoms with Crippen LogP contribution in [0.4, 0.5) is 0 Å². The topological polar surface area (TPSA) is 26.3 Å². The molecule has 28 heavy (non-hydrogen) atoms. The van der Waals surface area contributed by atoms with Gasteiger partial charge in [-0.3, -0.25) is 4.79 Å². The third-order valence-corrected chi connectivity index (χ3v) is 8.51. The van der Waals surface area contributed by atoms with Gasteiger partial charge >= 0.3 is 5.97 Å². The molecule has 0 fully saturated rings. The van der Waals surface area contributed by atoms with Crippen LogP contribution in [0.25, 0.3) is 0 Å². The highest BCUT2D eigenvalue weighted by Crippen LogP contribution is 2.43. The second-order valence-electron chi connectivity index (χ2n) is 7.70. The molecular formula is C25H27O2P. The Kier molecular flexibility index (Phi) is 6.21. The zero-order valence-electron chi connectivity index (χ0n) is 16.7. The summed E-state index contributed by atoms with van der Waals surface area (Å²) in [5.74, 6) is 2.00. The highest BCUT2D eigenvalue weighted by atomic mass is 31.2. The van der Waals surface area contributed by atoms with Gasteiger partial charge in [0.25, 0.3) is 0 Å². The molecular weight excluding hydrogens is 363 g/mol. The molecule has 0 aromatic heterocycles. The molecule has 3 heteroatoms. The van der Waals surface area contributed by atoms with Crippen LogP contribution < -0.4 is 15.9 Å². The largest absolute Gasteiger partial charge is 0.460 e. The molecule has 0 unspecified atom stereocenters. The Morgan fingerprint density at radius 1 is 0.750 bits per heavy atom. The fourth-order valence-corrected chi connectivity index (χ4v) is 7.22. The maximum Gasteiger partial charge on any atom is 0.310 e. The molecule has 0 saturated carbocycles. The summed E-state index contributed by atoms with van der Waals surface area (Å²) in [7, 11) is 0. The lowest BCUT2D eigenvalue weighted by Gasteiger charge is -2.29. The number of esters is 1. The van der Waals surface area contributed by atoms with Crippen LogP contribution in [0.5, 0.6) is 0 Å². The summed E-state index contributed by atoms with van der Waals surface area (Å²) in [6.07, 6.45) is 0.268. The number of rotatable bonds is 5. The van der Waals surface area contributed by atoms with Crippen molar-refractivity contribution in [2.24, 2.45) is 0 Å². The van der Waals surface area contributed by atoms with Crippen LogP contribution in [0.3, 0.4) is 0 Å². The van der Waals surface area contributed by atoms with E-state index in [0.717, 1.165) is 0 Å². The van der Waals surface area contributed by atoms with E-state index in [2.05, 4.69) is 78.6 Å². The van der Waals surface area contributed by atoms with E-state index in [1.165, 1.54) is 15.9 Å². The molecule has 0 aliphatic heterocycles. The van der Waals surface area contributed by atoms with E-state index in [9.17, 15) is 4.79 Å². The fraction of sp³-hybridized carbons (Fsp3) is 0.200. The number of carbonyl (C=O) groups excluding carboxylic acids is 1. The van der Waals surface area contributed by atoms with Crippen molar-refractivity contribution in [3.63, 3.8) is 0 Å². The van der Waals surface area contributed by atoms with E-state index in [1.54, 1.807) is 0 Å². The first-order valence-electron chi connectivity index (χ1n) is 9.54. The molecule has 0 atom stereocenters. The quantitative estimate of drug-likeness (QED) is 0.473. The Balaban J connectivity index is 2.23. The lowest BCUT2D eigenvalue weighted by atomic mass is 10.2. The van der Waals surface area contributed by atoms with E-state index in [1.807, 2.05) is 39.0 Å². The second kappa shape index (κ2) is 8.63. The average Bonchev–Trinajstić information content (AvgIpc) is 2.70. The van der Waals surface area contributed by atoms with Gasteiger partial charge in [0.05, 0.1) is 6.42 Å². The molecule has 3 rings (SSSR count). The number of benzene rings is 3. The minimum atomic E-state index is -2.10. The Morgan fingerprint density at radius 2 is 1.11 bits per heavy atom. The van der Waals surface area contributed by atoms with Crippen molar-refractivity contribution in [1.82, 2.24) is 0 Å². The van der Waals surface area contributed by atoms with Crippen molar-refractivity contribution in [3.05, 3.63) is 91.0 Å². The van der Waals surface area contributed by atoms with Crippen LogP contribution in [-0.4, -0.2) is 17.4 Å². The summed E-state index contributed by atoms with van der Waals surface area (Å²) in [5, 5.41) is 3.70. The maximum absolute atomic E-state index is 12.6. The molecule has 0 bridgehead atoms. The van der Waals surface area contributed by atoms with Crippen molar-refractivity contribution in [2.45, 2.75) is 32.8 Å². The van der Waals surface area contributed by atoms with Gasteiger partial charge in [-0.05, 0) is 43.6 Å². The van der Waals surface area contributed by atoms with Gasteiger partial charge in [-0.15, -0.1) is 0 Å². The van der Waals surface area contributed by atoms with Crippen LogP contribution in [0.2, 0.25) is 0 Å². The smallest absolute Gasteiger partial charge is 0.310 e. The predicted octanol–water partition coefficient (Wildman–Crippen LogP) is 4.51. The summed E-state index contributed by atoms with van der Waals surface area (Å²) >= 11 is 0. The van der Waals surface area contributed by atoms with Gasteiger partial charge < -0.3 is 4.74 Å². The van der Waals surface area contributed by atoms with Crippen molar-refractivity contribution in [3.8, 4) is 0 Å². The van der Waals surface area contributed by atoms with Gasteiger partial charge in [0, 0.05) is 0 Å². The Morgan fingerprint density at radius 3 is 1.43 bits per heavy atom. The lowest BCUT2D eigenvalue weighted by Crippen LogP contribution is -2.28. The van der Waals surface area contributed by atoms with E-state index in [-0.39, 0.29) is 12.4 Å². The molecule has 3 aromatic rings. The van der Waals surface area contributed by atoms with Crippen molar-refractivity contribution in [2.75, 3.05) is 0 Å². The van der Waals surface area contributed by atoms with Gasteiger partial charge in [-0.2, -0.15) is 0 Å². The van der Waals surface area contributed by atoms with Crippen LogP contribution in [0.15, 0.2) is 91.0 Å². The Bertz CT molecular complexity index is 852. The first-order valence-corrected chi connectivity index (χ1v) is 11.4. The molecule has 0 aliphatic rings. The standard InChI is InChI=1S/C25H27O2P/c1-25(2,3)27-24(26)19-20-28(21-13-7-4-8-14-21,22-15-9-5-10-16-22)23-17-11-6-12-18-23/h4-18,20H,19H2,1-3H3. The highest BCUT2D eigenvalue weighted by Gasteiger charge is 2.25. The van der Waals surface area contributed by atoms with Crippen LogP contribution in [-0.2, 0) is 9.53 Å². The van der Waals surface area contributed by atoms with Crippen molar-refractivity contribution in [1.29, 1.82) is 0 Å². The van der Waals surface area contributed by atoms with E-state index < -0.39 is 12.5 Å². The maximum atomic E-state index is 12.6. The predicted molar refractivity (Wildman–Crippen MR) is 122 cm³/mol. The molecule has 0 saturated heterocycles. The zero-order valence-corrected chi connectivity index (χ0v) is 17.6. The van der Waals surface area contributed by atoms with Crippen LogP contribution in [0, 0.1) is 0 Å². The van der Waals surface area contributed by atoms with Crippen LogP contribution >= 0.6 is 6.89 Å². The van der Waals surface area contributed by atoms with E-state index in [4.69, 9.17) is 4.74 Å². The van der Waals surface area contributed by atoms with E-state index in [0.29, 0.717) is 0 Å². The first-order chi connectivity index (χ1) is 13.4. The molecule has 2 nitrogen and oxygen atoms in total. The summed E-state index contributed by atoms with van der Waals surface area (Å²) in [5.41, 5.74) is -0.488.